The van der Waals surface area contributed by atoms with Crippen LogP contribution in [0.3, 0.4) is 0 Å². The first-order valence-corrected chi connectivity index (χ1v) is 9.44. The van der Waals surface area contributed by atoms with Crippen LogP contribution in [0.4, 0.5) is 10.1 Å². The summed E-state index contributed by atoms with van der Waals surface area (Å²) in [5.74, 6) is -0.0107. The van der Waals surface area contributed by atoms with Gasteiger partial charge in [-0.05, 0) is 24.3 Å². The number of benzene rings is 2. The molecule has 0 spiro atoms. The Labute approximate surface area is 163 Å². The summed E-state index contributed by atoms with van der Waals surface area (Å²) in [6.45, 7) is 0.409. The highest BCUT2D eigenvalue weighted by Crippen LogP contribution is 2.19. The highest BCUT2D eigenvalue weighted by Gasteiger charge is 2.14. The number of carbonyl (C=O) groups is 1. The summed E-state index contributed by atoms with van der Waals surface area (Å²) in [5, 5.41) is 19.7. The smallest absolute Gasteiger partial charge is 0.234 e. The number of para-hydroxylation sites is 2. The van der Waals surface area contributed by atoms with Crippen molar-refractivity contribution < 1.29 is 9.18 Å². The Hall–Kier alpha value is -3.27. The molecule has 0 saturated heterocycles. The van der Waals surface area contributed by atoms with Gasteiger partial charge in [0.2, 0.25) is 5.91 Å². The standard InChI is InChI=1S/C18H16FN7OS/c1-25-16(10-26-15-9-5-4-8-14(15)21-24-26)22-23-18(25)28-11-17(27)20-13-7-3-2-6-12(13)19/h2-9H,10-11H2,1H3,(H,20,27). The summed E-state index contributed by atoms with van der Waals surface area (Å²) in [5.41, 5.74) is 1.87. The van der Waals surface area contributed by atoms with Crippen LogP contribution in [0.25, 0.3) is 11.0 Å². The highest BCUT2D eigenvalue weighted by molar-refractivity contribution is 7.99. The first-order chi connectivity index (χ1) is 13.6. The number of fused-ring (bicyclic) bond motifs is 1. The zero-order chi connectivity index (χ0) is 19.5. The van der Waals surface area contributed by atoms with Crippen molar-refractivity contribution in [2.24, 2.45) is 7.05 Å². The molecular weight excluding hydrogens is 381 g/mol. The molecule has 0 aliphatic rings. The van der Waals surface area contributed by atoms with Gasteiger partial charge in [0, 0.05) is 7.05 Å². The van der Waals surface area contributed by atoms with Crippen LogP contribution in [0.5, 0.6) is 0 Å². The van der Waals surface area contributed by atoms with Crippen LogP contribution >= 0.6 is 11.8 Å². The van der Waals surface area contributed by atoms with Gasteiger partial charge in [-0.25, -0.2) is 9.07 Å². The second-order valence-electron chi connectivity index (χ2n) is 6.01. The number of hydrogen-bond acceptors (Lipinski definition) is 6. The van der Waals surface area contributed by atoms with E-state index in [2.05, 4.69) is 25.8 Å². The van der Waals surface area contributed by atoms with E-state index in [0.29, 0.717) is 17.5 Å². The van der Waals surface area contributed by atoms with Crippen molar-refractivity contribution in [1.29, 1.82) is 0 Å². The fourth-order valence-electron chi connectivity index (χ4n) is 2.66. The van der Waals surface area contributed by atoms with E-state index in [0.717, 1.165) is 11.0 Å². The van der Waals surface area contributed by atoms with E-state index in [1.54, 1.807) is 21.4 Å². The number of carbonyl (C=O) groups excluding carboxylic acids is 1. The first-order valence-electron chi connectivity index (χ1n) is 8.45. The molecule has 0 fully saturated rings. The molecule has 0 saturated carbocycles. The largest absolute Gasteiger partial charge is 0.323 e. The van der Waals surface area contributed by atoms with Gasteiger partial charge in [-0.3, -0.25) is 4.79 Å². The van der Waals surface area contributed by atoms with Crippen molar-refractivity contribution >= 4 is 34.4 Å². The van der Waals surface area contributed by atoms with Crippen molar-refractivity contribution in [2.75, 3.05) is 11.1 Å². The van der Waals surface area contributed by atoms with E-state index in [1.807, 2.05) is 31.3 Å². The van der Waals surface area contributed by atoms with Crippen LogP contribution in [-0.2, 0) is 18.4 Å². The molecule has 0 unspecified atom stereocenters. The minimum atomic E-state index is -0.471. The minimum absolute atomic E-state index is 0.0898. The van der Waals surface area contributed by atoms with Crippen LogP contribution in [-0.4, -0.2) is 41.4 Å². The summed E-state index contributed by atoms with van der Waals surface area (Å²) in [6, 6.07) is 13.7. The van der Waals surface area contributed by atoms with Crippen LogP contribution < -0.4 is 5.32 Å². The quantitative estimate of drug-likeness (QED) is 0.503. The zero-order valence-electron chi connectivity index (χ0n) is 14.9. The molecule has 0 bridgehead atoms. The third-order valence-electron chi connectivity index (χ3n) is 4.12. The van der Waals surface area contributed by atoms with Gasteiger partial charge in [-0.1, -0.05) is 41.2 Å². The average molecular weight is 397 g/mol. The van der Waals surface area contributed by atoms with E-state index in [1.165, 1.54) is 23.9 Å². The monoisotopic (exact) mass is 397 g/mol. The molecule has 2 aromatic heterocycles. The predicted molar refractivity (Wildman–Crippen MR) is 103 cm³/mol. The SMILES string of the molecule is Cn1c(Cn2nnc3ccccc32)nnc1SCC(=O)Nc1ccccc1F. The summed E-state index contributed by atoms with van der Waals surface area (Å²) < 4.78 is 17.2. The van der Waals surface area contributed by atoms with Gasteiger partial charge < -0.3 is 9.88 Å². The van der Waals surface area contributed by atoms with Gasteiger partial charge >= 0.3 is 0 Å². The molecule has 28 heavy (non-hydrogen) atoms. The first kappa shape index (κ1) is 18.1. The number of hydrogen-bond donors (Lipinski definition) is 1. The molecule has 4 rings (SSSR count). The third-order valence-corrected chi connectivity index (χ3v) is 5.14. The lowest BCUT2D eigenvalue weighted by Gasteiger charge is -2.06. The summed E-state index contributed by atoms with van der Waals surface area (Å²) >= 11 is 1.23. The van der Waals surface area contributed by atoms with Crippen LogP contribution in [0, 0.1) is 5.82 Å². The summed E-state index contributed by atoms with van der Waals surface area (Å²) in [6.07, 6.45) is 0. The second-order valence-corrected chi connectivity index (χ2v) is 6.95. The van der Waals surface area contributed by atoms with Crippen LogP contribution in [0.15, 0.2) is 53.7 Å². The van der Waals surface area contributed by atoms with Gasteiger partial charge in [0.1, 0.15) is 17.9 Å². The number of thioether (sulfide) groups is 1. The number of nitrogens with one attached hydrogen (secondary N) is 1. The fourth-order valence-corrected chi connectivity index (χ4v) is 3.39. The molecular formula is C18H16FN7OS. The highest BCUT2D eigenvalue weighted by atomic mass is 32.2. The topological polar surface area (TPSA) is 90.5 Å². The number of amides is 1. The zero-order valence-corrected chi connectivity index (χ0v) is 15.7. The van der Waals surface area contributed by atoms with Crippen molar-refractivity contribution in [3.63, 3.8) is 0 Å². The molecule has 1 amide bonds. The normalized spacial score (nSPS) is 11.1. The van der Waals surface area contributed by atoms with Crippen molar-refractivity contribution in [3.05, 3.63) is 60.2 Å². The Bertz CT molecular complexity index is 1140. The van der Waals surface area contributed by atoms with Crippen molar-refractivity contribution in [3.8, 4) is 0 Å². The second kappa shape index (κ2) is 7.77. The van der Waals surface area contributed by atoms with E-state index in [-0.39, 0.29) is 17.3 Å². The Balaban J connectivity index is 1.41. The molecule has 0 radical (unpaired) electrons. The van der Waals surface area contributed by atoms with Crippen molar-refractivity contribution in [2.45, 2.75) is 11.7 Å². The number of nitrogens with zero attached hydrogens (tertiary/aromatic N) is 6. The lowest BCUT2D eigenvalue weighted by Crippen LogP contribution is -2.15. The molecule has 142 valence electrons. The van der Waals surface area contributed by atoms with Crippen LogP contribution in [0.1, 0.15) is 5.82 Å². The van der Waals surface area contributed by atoms with Gasteiger partial charge in [-0.2, -0.15) is 0 Å². The summed E-state index contributed by atoms with van der Waals surface area (Å²) in [7, 11) is 1.82. The molecule has 0 atom stereocenters. The Morgan fingerprint density at radius 3 is 2.75 bits per heavy atom. The maximum Gasteiger partial charge on any atom is 0.234 e. The van der Waals surface area contributed by atoms with Crippen molar-refractivity contribution in [1.82, 2.24) is 29.8 Å². The molecule has 8 nitrogen and oxygen atoms in total. The fraction of sp³-hybridized carbons (Fsp3) is 0.167. The number of rotatable bonds is 6. The Morgan fingerprint density at radius 1 is 1.11 bits per heavy atom. The number of aromatic nitrogens is 6. The molecule has 0 aliphatic heterocycles. The Kier molecular flexibility index (Phi) is 5.02. The molecule has 1 N–H and O–H groups in total. The molecule has 4 aromatic rings. The average Bonchev–Trinajstić information content (AvgIpc) is 3.27. The van der Waals surface area contributed by atoms with E-state index < -0.39 is 5.82 Å². The lowest BCUT2D eigenvalue weighted by atomic mass is 10.3. The number of halogens is 1. The van der Waals surface area contributed by atoms with Gasteiger partial charge in [-0.15, -0.1) is 15.3 Å². The van der Waals surface area contributed by atoms with Gasteiger partial charge in [0.15, 0.2) is 11.0 Å². The number of anilines is 1. The molecule has 10 heteroatoms. The third kappa shape index (κ3) is 3.72. The van der Waals surface area contributed by atoms with Crippen LogP contribution in [0.2, 0.25) is 0 Å². The maximum absolute atomic E-state index is 13.6. The summed E-state index contributed by atoms with van der Waals surface area (Å²) in [4.78, 5) is 12.1. The van der Waals surface area contributed by atoms with E-state index >= 15 is 0 Å². The maximum atomic E-state index is 13.6. The molecule has 2 heterocycles. The van der Waals surface area contributed by atoms with E-state index in [4.69, 9.17) is 0 Å². The Morgan fingerprint density at radius 2 is 1.89 bits per heavy atom. The van der Waals surface area contributed by atoms with E-state index in [9.17, 15) is 9.18 Å². The van der Waals surface area contributed by atoms with Gasteiger partial charge in [0.05, 0.1) is 17.0 Å². The van der Waals surface area contributed by atoms with Gasteiger partial charge in [0.25, 0.3) is 0 Å². The lowest BCUT2D eigenvalue weighted by molar-refractivity contribution is -0.113. The predicted octanol–water partition coefficient (Wildman–Crippen LogP) is 2.48. The molecule has 0 aliphatic carbocycles. The molecule has 2 aromatic carbocycles. The minimum Gasteiger partial charge on any atom is -0.323 e.